The van der Waals surface area contributed by atoms with E-state index < -0.39 is 36.0 Å². The Bertz CT molecular complexity index is 1230. The highest BCUT2D eigenvalue weighted by molar-refractivity contribution is 5.88. The molecule has 0 spiro atoms. The van der Waals surface area contributed by atoms with Crippen LogP contribution in [0.4, 0.5) is 13.2 Å². The molecule has 0 radical (unpaired) electrons. The van der Waals surface area contributed by atoms with Crippen LogP contribution in [0.1, 0.15) is 23.6 Å². The normalized spacial score (nSPS) is 14.5. The number of hydrogen-bond acceptors (Lipinski definition) is 7. The first-order valence-electron chi connectivity index (χ1n) is 10.7. The molecule has 2 N–H and O–H groups in total. The fraction of sp³-hybridized carbons (Fsp3) is 0.375. The first kappa shape index (κ1) is 26.6. The summed E-state index contributed by atoms with van der Waals surface area (Å²) < 4.78 is 59.3. The molecule has 0 saturated heterocycles. The maximum Gasteiger partial charge on any atom is 0.471 e. The van der Waals surface area contributed by atoms with Gasteiger partial charge in [-0.15, -0.1) is 0 Å². The molecule has 9 nitrogen and oxygen atoms in total. The highest BCUT2D eigenvalue weighted by atomic mass is 19.4. The van der Waals surface area contributed by atoms with Gasteiger partial charge in [0.15, 0.2) is 17.2 Å². The van der Waals surface area contributed by atoms with Crippen molar-refractivity contribution >= 4 is 11.8 Å². The average Bonchev–Trinajstić information content (AvgIpc) is 3.09. The first-order chi connectivity index (χ1) is 17.0. The Morgan fingerprint density at radius 2 is 1.64 bits per heavy atom. The van der Waals surface area contributed by atoms with E-state index >= 15 is 0 Å². The van der Waals surface area contributed by atoms with Crippen molar-refractivity contribution in [3.8, 4) is 34.1 Å². The zero-order valence-corrected chi connectivity index (χ0v) is 20.0. The summed E-state index contributed by atoms with van der Waals surface area (Å²) in [6, 6.07) is 5.40. The minimum absolute atomic E-state index is 0.0478. The molecule has 2 aromatic rings. The van der Waals surface area contributed by atoms with Gasteiger partial charge in [0.25, 0.3) is 0 Å². The van der Waals surface area contributed by atoms with Gasteiger partial charge in [-0.05, 0) is 47.7 Å². The number of carbonyl (C=O) groups excluding carboxylic acids is 2. The van der Waals surface area contributed by atoms with E-state index in [1.54, 1.807) is 17.4 Å². The van der Waals surface area contributed by atoms with E-state index in [0.29, 0.717) is 40.4 Å². The van der Waals surface area contributed by atoms with Crippen LogP contribution in [-0.4, -0.2) is 53.0 Å². The summed E-state index contributed by atoms with van der Waals surface area (Å²) in [6.07, 6.45) is -4.45. The van der Waals surface area contributed by atoms with Crippen LogP contribution in [0.2, 0.25) is 0 Å². The predicted octanol–water partition coefficient (Wildman–Crippen LogP) is 2.53. The molecular weight excluding hydrogens is 485 g/mol. The molecule has 2 aromatic carbocycles. The average molecular weight is 510 g/mol. The molecule has 1 aliphatic carbocycles. The molecule has 1 atom stereocenters. The standard InChI is InChI=1S/C24H25F3N2O7/c1-33-17-8-6-13-14(10-16(17)30)15(29-19(31)11-28-23(32)24(25,26)27)7-5-12-9-18(34-2)21(35-3)22(36-4)20(12)13/h6,8-10,15H,5,7,11H2,1-4H3,(H,28,32)(H,29,31). The second-order valence-corrected chi connectivity index (χ2v) is 7.80. The number of ether oxygens (including phenoxy) is 4. The summed E-state index contributed by atoms with van der Waals surface area (Å²) >= 11 is 0. The van der Waals surface area contributed by atoms with Crippen molar-refractivity contribution in [1.82, 2.24) is 10.6 Å². The van der Waals surface area contributed by atoms with E-state index in [1.807, 2.05) is 0 Å². The number of rotatable bonds is 7. The van der Waals surface area contributed by atoms with Crippen LogP contribution in [-0.2, 0) is 16.0 Å². The third-order valence-corrected chi connectivity index (χ3v) is 5.72. The lowest BCUT2D eigenvalue weighted by molar-refractivity contribution is -0.173. The zero-order chi connectivity index (χ0) is 26.6. The molecule has 0 bridgehead atoms. The van der Waals surface area contributed by atoms with Crippen LogP contribution >= 0.6 is 0 Å². The molecule has 2 amide bonds. The topological polar surface area (TPSA) is 112 Å². The van der Waals surface area contributed by atoms with Crippen molar-refractivity contribution < 1.29 is 41.7 Å². The van der Waals surface area contributed by atoms with Crippen LogP contribution < -0.4 is 35.0 Å². The molecule has 0 saturated carbocycles. The molecule has 0 aliphatic heterocycles. The van der Waals surface area contributed by atoms with Crippen LogP contribution in [0, 0.1) is 0 Å². The molecule has 3 rings (SSSR count). The van der Waals surface area contributed by atoms with Crippen LogP contribution in [0.15, 0.2) is 29.1 Å². The highest BCUT2D eigenvalue weighted by Gasteiger charge is 2.38. The number of aryl methyl sites for hydroxylation is 1. The number of carbonyl (C=O) groups is 2. The van der Waals surface area contributed by atoms with Gasteiger partial charge in [0.1, 0.15) is 0 Å². The SMILES string of the molecule is COc1cc2c(c(OC)c1OC)-c1ccc(OC)c(=O)cc1C(NC(=O)CNC(=O)C(F)(F)F)CC2. The lowest BCUT2D eigenvalue weighted by atomic mass is 9.95. The van der Waals surface area contributed by atoms with E-state index in [0.717, 1.165) is 5.56 Å². The van der Waals surface area contributed by atoms with Crippen LogP contribution in [0.25, 0.3) is 11.1 Å². The maximum atomic E-state index is 12.8. The molecule has 1 aliphatic rings. The highest BCUT2D eigenvalue weighted by Crippen LogP contribution is 2.50. The number of amides is 2. The second kappa shape index (κ2) is 10.8. The number of hydrogen-bond donors (Lipinski definition) is 2. The Hall–Kier alpha value is -3.96. The van der Waals surface area contributed by atoms with Gasteiger partial charge >= 0.3 is 12.1 Å². The van der Waals surface area contributed by atoms with E-state index in [4.69, 9.17) is 18.9 Å². The lowest BCUT2D eigenvalue weighted by Crippen LogP contribution is -2.43. The predicted molar refractivity (Wildman–Crippen MR) is 123 cm³/mol. The van der Waals surface area contributed by atoms with Crippen molar-refractivity contribution in [3.05, 3.63) is 45.6 Å². The molecule has 1 unspecified atom stereocenters. The number of methoxy groups -OCH3 is 4. The van der Waals surface area contributed by atoms with Crippen molar-refractivity contribution in [2.24, 2.45) is 0 Å². The van der Waals surface area contributed by atoms with Gasteiger partial charge in [-0.1, -0.05) is 6.07 Å². The van der Waals surface area contributed by atoms with Crippen LogP contribution in [0.3, 0.4) is 0 Å². The summed E-state index contributed by atoms with van der Waals surface area (Å²) in [6.45, 7) is -0.894. The summed E-state index contributed by atoms with van der Waals surface area (Å²) in [4.78, 5) is 36.4. The lowest BCUT2D eigenvalue weighted by Gasteiger charge is -2.20. The summed E-state index contributed by atoms with van der Waals surface area (Å²) in [5.74, 6) is -1.96. The third-order valence-electron chi connectivity index (χ3n) is 5.72. The zero-order valence-electron chi connectivity index (χ0n) is 20.0. The summed E-state index contributed by atoms with van der Waals surface area (Å²) in [5, 5.41) is 4.17. The third kappa shape index (κ3) is 5.31. The van der Waals surface area contributed by atoms with Gasteiger partial charge in [0, 0.05) is 5.56 Å². The second-order valence-electron chi connectivity index (χ2n) is 7.80. The Morgan fingerprint density at radius 3 is 2.22 bits per heavy atom. The molecule has 12 heteroatoms. The van der Waals surface area contributed by atoms with E-state index in [-0.39, 0.29) is 12.2 Å². The van der Waals surface area contributed by atoms with E-state index in [2.05, 4.69) is 5.32 Å². The molecular formula is C24H25F3N2O7. The number of nitrogens with one attached hydrogen (secondary N) is 2. The largest absolute Gasteiger partial charge is 0.493 e. The Morgan fingerprint density at radius 1 is 0.972 bits per heavy atom. The molecule has 0 fully saturated rings. The Kier molecular flexibility index (Phi) is 7.96. The van der Waals surface area contributed by atoms with Crippen molar-refractivity contribution in [3.63, 3.8) is 0 Å². The quantitative estimate of drug-likeness (QED) is 0.589. The Balaban J connectivity index is 2.13. The molecule has 0 aromatic heterocycles. The number of halogens is 3. The fourth-order valence-corrected chi connectivity index (χ4v) is 4.12. The minimum Gasteiger partial charge on any atom is -0.493 e. The van der Waals surface area contributed by atoms with E-state index in [9.17, 15) is 27.6 Å². The van der Waals surface area contributed by atoms with Gasteiger partial charge in [-0.3, -0.25) is 14.4 Å². The van der Waals surface area contributed by atoms with Crippen molar-refractivity contribution in [2.75, 3.05) is 35.0 Å². The first-order valence-corrected chi connectivity index (χ1v) is 10.7. The summed E-state index contributed by atoms with van der Waals surface area (Å²) in [7, 11) is 5.72. The van der Waals surface area contributed by atoms with Gasteiger partial charge in [0.2, 0.25) is 17.1 Å². The van der Waals surface area contributed by atoms with Gasteiger partial charge in [0.05, 0.1) is 41.0 Å². The molecule has 36 heavy (non-hydrogen) atoms. The van der Waals surface area contributed by atoms with Crippen molar-refractivity contribution in [2.45, 2.75) is 25.1 Å². The van der Waals surface area contributed by atoms with Gasteiger partial charge in [-0.25, -0.2) is 0 Å². The number of alkyl halides is 3. The monoisotopic (exact) mass is 510 g/mol. The fourth-order valence-electron chi connectivity index (χ4n) is 4.12. The maximum absolute atomic E-state index is 12.8. The van der Waals surface area contributed by atoms with Crippen LogP contribution in [0.5, 0.6) is 23.0 Å². The van der Waals surface area contributed by atoms with E-state index in [1.165, 1.54) is 40.6 Å². The van der Waals surface area contributed by atoms with Crippen molar-refractivity contribution in [1.29, 1.82) is 0 Å². The Labute approximate surface area is 204 Å². The number of benzene rings is 1. The summed E-state index contributed by atoms with van der Waals surface area (Å²) in [5.41, 5.74) is 1.81. The molecule has 194 valence electrons. The smallest absolute Gasteiger partial charge is 0.471 e. The minimum atomic E-state index is -5.12. The van der Waals surface area contributed by atoms with Gasteiger partial charge in [-0.2, -0.15) is 13.2 Å². The molecule has 0 heterocycles. The van der Waals surface area contributed by atoms with Gasteiger partial charge < -0.3 is 29.6 Å². The number of fused-ring (bicyclic) bond motifs is 3.